The van der Waals surface area contributed by atoms with E-state index in [4.69, 9.17) is 0 Å². The van der Waals surface area contributed by atoms with E-state index in [9.17, 15) is 4.79 Å². The van der Waals surface area contributed by atoms with Gasteiger partial charge in [-0.2, -0.15) is 5.10 Å². The summed E-state index contributed by atoms with van der Waals surface area (Å²) in [5.41, 5.74) is 1.15. The number of piperidine rings is 1. The fourth-order valence-electron chi connectivity index (χ4n) is 2.70. The number of rotatable bonds is 2. The van der Waals surface area contributed by atoms with E-state index in [-0.39, 0.29) is 11.9 Å². The van der Waals surface area contributed by atoms with Crippen LogP contribution in [0.2, 0.25) is 0 Å². The Morgan fingerprint density at radius 2 is 2.50 bits per heavy atom. The number of carbonyl (C=O) groups is 1. The maximum atomic E-state index is 12.3. The molecule has 3 heterocycles. The Morgan fingerprint density at radius 1 is 1.56 bits per heavy atom. The van der Waals surface area contributed by atoms with Gasteiger partial charge >= 0.3 is 0 Å². The van der Waals surface area contributed by atoms with Crippen LogP contribution in [-0.4, -0.2) is 51.8 Å². The van der Waals surface area contributed by atoms with Gasteiger partial charge in [0.15, 0.2) is 0 Å². The molecule has 0 aliphatic carbocycles. The van der Waals surface area contributed by atoms with Gasteiger partial charge in [0.05, 0.1) is 6.04 Å². The predicted molar refractivity (Wildman–Crippen MR) is 71.4 cm³/mol. The molecule has 98 valence electrons. The number of carbonyl (C=O) groups excluding carboxylic acids is 1. The van der Waals surface area contributed by atoms with Gasteiger partial charge in [-0.05, 0) is 18.9 Å². The van der Waals surface area contributed by atoms with Crippen molar-refractivity contribution in [1.29, 1.82) is 0 Å². The average Bonchev–Trinajstić information content (AvgIpc) is 3.11. The number of amides is 1. The first kappa shape index (κ1) is 12.0. The molecule has 5 nitrogen and oxygen atoms in total. The molecule has 0 radical (unpaired) electrons. The van der Waals surface area contributed by atoms with Gasteiger partial charge in [0.1, 0.15) is 0 Å². The molecule has 1 aromatic heterocycles. The van der Waals surface area contributed by atoms with Crippen LogP contribution in [0.15, 0.2) is 12.3 Å². The van der Waals surface area contributed by atoms with Crippen molar-refractivity contribution >= 4 is 17.7 Å². The Morgan fingerprint density at radius 3 is 3.22 bits per heavy atom. The van der Waals surface area contributed by atoms with Crippen LogP contribution < -0.4 is 5.32 Å². The largest absolute Gasteiger partial charge is 0.341 e. The molecule has 0 aromatic carbocycles. The molecule has 2 unspecified atom stereocenters. The Hall–Kier alpha value is -1.01. The maximum absolute atomic E-state index is 12.3. The van der Waals surface area contributed by atoms with E-state index < -0.39 is 0 Å². The SMILES string of the molecule is O=C(C1CSCN1)N1CCCC(c2ccn[nH]2)C1. The molecular weight excluding hydrogens is 248 g/mol. The third kappa shape index (κ3) is 2.40. The van der Waals surface area contributed by atoms with Crippen molar-refractivity contribution in [2.75, 3.05) is 24.7 Å². The number of likely N-dealkylation sites (tertiary alicyclic amines) is 1. The summed E-state index contributed by atoms with van der Waals surface area (Å²) in [6.45, 7) is 1.72. The van der Waals surface area contributed by atoms with E-state index in [2.05, 4.69) is 15.5 Å². The van der Waals surface area contributed by atoms with Crippen LogP contribution in [0, 0.1) is 0 Å². The van der Waals surface area contributed by atoms with Gasteiger partial charge in [0.25, 0.3) is 0 Å². The Kier molecular flexibility index (Phi) is 3.56. The minimum Gasteiger partial charge on any atom is -0.341 e. The van der Waals surface area contributed by atoms with Gasteiger partial charge < -0.3 is 4.90 Å². The lowest BCUT2D eigenvalue weighted by Crippen LogP contribution is -2.48. The molecule has 1 aromatic rings. The zero-order valence-electron chi connectivity index (χ0n) is 10.3. The average molecular weight is 266 g/mol. The molecule has 2 atom stereocenters. The number of nitrogens with one attached hydrogen (secondary N) is 2. The Bertz CT molecular complexity index is 402. The van der Waals surface area contributed by atoms with Crippen molar-refractivity contribution < 1.29 is 4.79 Å². The van der Waals surface area contributed by atoms with E-state index in [0.29, 0.717) is 5.92 Å². The topological polar surface area (TPSA) is 61.0 Å². The van der Waals surface area contributed by atoms with Crippen LogP contribution in [0.3, 0.4) is 0 Å². The number of aromatic nitrogens is 2. The fourth-order valence-corrected chi connectivity index (χ4v) is 3.63. The molecule has 2 aliphatic heterocycles. The summed E-state index contributed by atoms with van der Waals surface area (Å²) in [5, 5.41) is 10.3. The van der Waals surface area contributed by atoms with E-state index in [1.165, 1.54) is 0 Å². The molecule has 2 saturated heterocycles. The van der Waals surface area contributed by atoms with Crippen LogP contribution >= 0.6 is 11.8 Å². The maximum Gasteiger partial charge on any atom is 0.240 e. The molecule has 2 fully saturated rings. The van der Waals surface area contributed by atoms with Crippen molar-refractivity contribution in [3.63, 3.8) is 0 Å². The van der Waals surface area contributed by atoms with Crippen LogP contribution in [0.5, 0.6) is 0 Å². The summed E-state index contributed by atoms with van der Waals surface area (Å²) in [4.78, 5) is 14.4. The molecular formula is C12H18N4OS. The van der Waals surface area contributed by atoms with E-state index in [0.717, 1.165) is 43.3 Å². The van der Waals surface area contributed by atoms with Gasteiger partial charge in [-0.1, -0.05) is 0 Å². The van der Waals surface area contributed by atoms with Gasteiger partial charge in [-0.25, -0.2) is 0 Å². The highest BCUT2D eigenvalue weighted by Gasteiger charge is 2.31. The number of hydrogen-bond donors (Lipinski definition) is 2. The van der Waals surface area contributed by atoms with Crippen molar-refractivity contribution in [3.8, 4) is 0 Å². The lowest BCUT2D eigenvalue weighted by Gasteiger charge is -2.33. The molecule has 6 heteroatoms. The molecule has 3 rings (SSSR count). The Labute approximate surface area is 111 Å². The predicted octanol–water partition coefficient (Wildman–Crippen LogP) is 0.778. The van der Waals surface area contributed by atoms with Crippen LogP contribution in [0.1, 0.15) is 24.5 Å². The number of nitrogens with zero attached hydrogens (tertiary/aromatic N) is 2. The number of aromatic amines is 1. The van der Waals surface area contributed by atoms with Crippen LogP contribution in [-0.2, 0) is 4.79 Å². The quantitative estimate of drug-likeness (QED) is 0.830. The molecule has 2 aliphatic rings. The second kappa shape index (κ2) is 5.32. The number of thioether (sulfide) groups is 1. The zero-order chi connectivity index (χ0) is 12.4. The van der Waals surface area contributed by atoms with E-state index in [1.54, 1.807) is 18.0 Å². The molecule has 1 amide bonds. The molecule has 0 bridgehead atoms. The van der Waals surface area contributed by atoms with Gasteiger partial charge in [-0.15, -0.1) is 11.8 Å². The lowest BCUT2D eigenvalue weighted by molar-refractivity contribution is -0.133. The Balaban J connectivity index is 1.64. The van der Waals surface area contributed by atoms with E-state index >= 15 is 0 Å². The van der Waals surface area contributed by atoms with Gasteiger partial charge in [-0.3, -0.25) is 15.2 Å². The van der Waals surface area contributed by atoms with E-state index in [1.807, 2.05) is 11.0 Å². The first-order valence-electron chi connectivity index (χ1n) is 6.44. The summed E-state index contributed by atoms with van der Waals surface area (Å²) in [5.74, 6) is 2.49. The molecule has 0 spiro atoms. The normalized spacial score (nSPS) is 28.6. The third-order valence-corrected chi connectivity index (χ3v) is 4.65. The van der Waals surface area contributed by atoms with Crippen LogP contribution in [0.4, 0.5) is 0 Å². The van der Waals surface area contributed by atoms with Crippen LogP contribution in [0.25, 0.3) is 0 Å². The first-order chi connectivity index (χ1) is 8.84. The second-order valence-corrected chi connectivity index (χ2v) is 5.94. The third-order valence-electron chi connectivity index (χ3n) is 3.71. The second-order valence-electron chi connectivity index (χ2n) is 4.91. The number of hydrogen-bond acceptors (Lipinski definition) is 4. The summed E-state index contributed by atoms with van der Waals surface area (Å²) in [7, 11) is 0. The summed E-state index contributed by atoms with van der Waals surface area (Å²) in [6, 6.07) is 2.04. The summed E-state index contributed by atoms with van der Waals surface area (Å²) < 4.78 is 0. The fraction of sp³-hybridized carbons (Fsp3) is 0.667. The standard InChI is InChI=1S/C12H18N4OS/c17-12(11-7-18-8-13-11)16-5-1-2-9(6-16)10-3-4-14-15-10/h3-4,9,11,13H,1-2,5-8H2,(H,14,15). The van der Waals surface area contributed by atoms with Gasteiger partial charge in [0, 0.05) is 42.5 Å². The lowest BCUT2D eigenvalue weighted by atomic mass is 9.94. The van der Waals surface area contributed by atoms with Gasteiger partial charge in [0.2, 0.25) is 5.91 Å². The highest BCUT2D eigenvalue weighted by Crippen LogP contribution is 2.26. The van der Waals surface area contributed by atoms with Crippen molar-refractivity contribution in [2.24, 2.45) is 0 Å². The summed E-state index contributed by atoms with van der Waals surface area (Å²) >= 11 is 1.80. The highest BCUT2D eigenvalue weighted by molar-refractivity contribution is 7.99. The monoisotopic (exact) mass is 266 g/mol. The van der Waals surface area contributed by atoms with Crippen molar-refractivity contribution in [3.05, 3.63) is 18.0 Å². The first-order valence-corrected chi connectivity index (χ1v) is 7.59. The highest BCUT2D eigenvalue weighted by atomic mass is 32.2. The minimum absolute atomic E-state index is 0.0236. The summed E-state index contributed by atoms with van der Waals surface area (Å²) in [6.07, 6.45) is 4.00. The zero-order valence-corrected chi connectivity index (χ0v) is 11.1. The van der Waals surface area contributed by atoms with Crippen molar-refractivity contribution in [2.45, 2.75) is 24.8 Å². The van der Waals surface area contributed by atoms with Crippen molar-refractivity contribution in [1.82, 2.24) is 20.4 Å². The molecule has 0 saturated carbocycles. The molecule has 18 heavy (non-hydrogen) atoms. The number of H-pyrrole nitrogens is 1. The smallest absolute Gasteiger partial charge is 0.240 e. The minimum atomic E-state index is 0.0236. The molecule has 2 N–H and O–H groups in total.